The van der Waals surface area contributed by atoms with Crippen LogP contribution >= 0.6 is 0 Å². The fraction of sp³-hybridized carbons (Fsp3) is 1.00. The van der Waals surface area contributed by atoms with Crippen molar-refractivity contribution in [3.63, 3.8) is 0 Å². The average molecular weight is 172 g/mol. The Hall–Kier alpha value is -0.0800. The Labute approximate surface area is 76.9 Å². The zero-order valence-electron chi connectivity index (χ0n) is 8.44. The molecular formula is C10H24N2. The number of nitrogens with two attached hydrogens (primary N) is 1. The molecule has 0 aliphatic heterocycles. The third-order valence-electron chi connectivity index (χ3n) is 2.01. The Balaban J connectivity index is 2.73. The van der Waals surface area contributed by atoms with Crippen molar-refractivity contribution in [3.05, 3.63) is 0 Å². The van der Waals surface area contributed by atoms with Crippen LogP contribution in [-0.4, -0.2) is 19.6 Å². The highest BCUT2D eigenvalue weighted by Crippen LogP contribution is 1.93. The van der Waals surface area contributed by atoms with E-state index in [1.165, 1.54) is 51.6 Å². The molecule has 0 atom stereocenters. The molecule has 0 aromatic rings. The predicted molar refractivity (Wildman–Crippen MR) is 55.3 cm³/mol. The van der Waals surface area contributed by atoms with Gasteiger partial charge in [-0.05, 0) is 38.9 Å². The van der Waals surface area contributed by atoms with Gasteiger partial charge in [0.25, 0.3) is 0 Å². The van der Waals surface area contributed by atoms with Gasteiger partial charge in [0.05, 0.1) is 0 Å². The van der Waals surface area contributed by atoms with Gasteiger partial charge in [0, 0.05) is 0 Å². The maximum absolute atomic E-state index is 5.39. The zero-order valence-corrected chi connectivity index (χ0v) is 8.44. The van der Waals surface area contributed by atoms with Gasteiger partial charge in [-0.3, -0.25) is 0 Å². The fourth-order valence-corrected chi connectivity index (χ4v) is 1.20. The summed E-state index contributed by atoms with van der Waals surface area (Å²) < 4.78 is 0. The molecule has 0 unspecified atom stereocenters. The molecule has 0 aliphatic rings. The van der Waals surface area contributed by atoms with Gasteiger partial charge in [-0.25, -0.2) is 0 Å². The quantitative estimate of drug-likeness (QED) is 0.521. The molecule has 0 saturated carbocycles. The van der Waals surface area contributed by atoms with E-state index in [-0.39, 0.29) is 0 Å². The number of unbranched alkanes of at least 4 members (excludes halogenated alkanes) is 4. The SMILES string of the molecule is CCCCCNCCCCCN. The van der Waals surface area contributed by atoms with E-state index in [1.807, 2.05) is 0 Å². The third kappa shape index (κ3) is 9.92. The highest BCUT2D eigenvalue weighted by molar-refractivity contribution is 4.49. The van der Waals surface area contributed by atoms with E-state index in [2.05, 4.69) is 12.2 Å². The number of rotatable bonds is 9. The Kier molecular flexibility index (Phi) is 10.8. The summed E-state index contributed by atoms with van der Waals surface area (Å²) in [7, 11) is 0. The summed E-state index contributed by atoms with van der Waals surface area (Å²) in [5.41, 5.74) is 5.39. The molecule has 0 saturated heterocycles. The first-order valence-corrected chi connectivity index (χ1v) is 5.32. The van der Waals surface area contributed by atoms with Crippen molar-refractivity contribution in [3.8, 4) is 0 Å². The van der Waals surface area contributed by atoms with Gasteiger partial charge in [-0.1, -0.05) is 26.2 Å². The van der Waals surface area contributed by atoms with Crippen molar-refractivity contribution >= 4 is 0 Å². The van der Waals surface area contributed by atoms with Crippen LogP contribution in [0.1, 0.15) is 45.4 Å². The second-order valence-electron chi connectivity index (χ2n) is 3.31. The number of hydrogen-bond donors (Lipinski definition) is 2. The molecule has 0 bridgehead atoms. The van der Waals surface area contributed by atoms with Crippen molar-refractivity contribution in [2.24, 2.45) is 5.73 Å². The van der Waals surface area contributed by atoms with E-state index in [9.17, 15) is 0 Å². The van der Waals surface area contributed by atoms with E-state index < -0.39 is 0 Å². The van der Waals surface area contributed by atoms with Crippen LogP contribution in [-0.2, 0) is 0 Å². The largest absolute Gasteiger partial charge is 0.330 e. The van der Waals surface area contributed by atoms with Crippen molar-refractivity contribution in [1.29, 1.82) is 0 Å². The molecule has 2 nitrogen and oxygen atoms in total. The topological polar surface area (TPSA) is 38.0 Å². The molecule has 0 aromatic heterocycles. The number of hydrogen-bond acceptors (Lipinski definition) is 2. The van der Waals surface area contributed by atoms with Crippen LogP contribution in [0.25, 0.3) is 0 Å². The molecule has 0 rings (SSSR count). The first-order chi connectivity index (χ1) is 5.91. The molecule has 0 spiro atoms. The smallest absolute Gasteiger partial charge is 0.00489 e. The lowest BCUT2D eigenvalue weighted by molar-refractivity contribution is 0.577. The molecule has 3 N–H and O–H groups in total. The average Bonchev–Trinajstić information content (AvgIpc) is 2.10. The maximum Gasteiger partial charge on any atom is -0.00489 e. The molecule has 0 aromatic carbocycles. The van der Waals surface area contributed by atoms with E-state index in [1.54, 1.807) is 0 Å². The first kappa shape index (κ1) is 11.9. The van der Waals surface area contributed by atoms with E-state index in [0.29, 0.717) is 0 Å². The summed E-state index contributed by atoms with van der Waals surface area (Å²) in [4.78, 5) is 0. The Morgan fingerprint density at radius 3 is 2.17 bits per heavy atom. The zero-order chi connectivity index (χ0) is 9.07. The Bertz CT molecular complexity index is 64.2. The minimum absolute atomic E-state index is 0.843. The molecule has 74 valence electrons. The van der Waals surface area contributed by atoms with Crippen molar-refractivity contribution in [2.45, 2.75) is 45.4 Å². The van der Waals surface area contributed by atoms with Crippen LogP contribution in [0.15, 0.2) is 0 Å². The summed E-state index contributed by atoms with van der Waals surface area (Å²) in [5.74, 6) is 0. The summed E-state index contributed by atoms with van der Waals surface area (Å²) >= 11 is 0. The second-order valence-corrected chi connectivity index (χ2v) is 3.31. The normalized spacial score (nSPS) is 10.5. The summed E-state index contributed by atoms with van der Waals surface area (Å²) in [6.45, 7) is 5.44. The standard InChI is InChI=1S/C10H24N2/c1-2-3-6-9-12-10-7-4-5-8-11/h12H,2-11H2,1H3. The summed E-state index contributed by atoms with van der Waals surface area (Å²) in [5, 5.41) is 3.44. The van der Waals surface area contributed by atoms with Crippen LogP contribution < -0.4 is 11.1 Å². The predicted octanol–water partition coefficient (Wildman–Crippen LogP) is 1.90. The molecule has 12 heavy (non-hydrogen) atoms. The van der Waals surface area contributed by atoms with Gasteiger partial charge in [0.1, 0.15) is 0 Å². The van der Waals surface area contributed by atoms with Crippen LogP contribution in [0.3, 0.4) is 0 Å². The van der Waals surface area contributed by atoms with Crippen LogP contribution in [0.5, 0.6) is 0 Å². The molecule has 0 fully saturated rings. The number of nitrogens with one attached hydrogen (secondary N) is 1. The van der Waals surface area contributed by atoms with E-state index in [0.717, 1.165) is 6.54 Å². The Morgan fingerprint density at radius 2 is 1.58 bits per heavy atom. The summed E-state index contributed by atoms with van der Waals surface area (Å²) in [6, 6.07) is 0. The molecule has 2 heteroatoms. The lowest BCUT2D eigenvalue weighted by atomic mass is 10.2. The molecular weight excluding hydrogens is 148 g/mol. The third-order valence-corrected chi connectivity index (χ3v) is 2.01. The lowest BCUT2D eigenvalue weighted by Gasteiger charge is -2.02. The molecule has 0 amide bonds. The van der Waals surface area contributed by atoms with Gasteiger partial charge >= 0.3 is 0 Å². The van der Waals surface area contributed by atoms with E-state index in [4.69, 9.17) is 5.73 Å². The maximum atomic E-state index is 5.39. The van der Waals surface area contributed by atoms with Gasteiger partial charge in [0.15, 0.2) is 0 Å². The molecule has 0 aliphatic carbocycles. The lowest BCUT2D eigenvalue weighted by Crippen LogP contribution is -2.16. The van der Waals surface area contributed by atoms with Gasteiger partial charge in [0.2, 0.25) is 0 Å². The van der Waals surface area contributed by atoms with Crippen LogP contribution in [0.2, 0.25) is 0 Å². The second kappa shape index (κ2) is 10.9. The fourth-order valence-electron chi connectivity index (χ4n) is 1.20. The van der Waals surface area contributed by atoms with Gasteiger partial charge in [-0.2, -0.15) is 0 Å². The van der Waals surface area contributed by atoms with Crippen molar-refractivity contribution < 1.29 is 0 Å². The van der Waals surface area contributed by atoms with Crippen molar-refractivity contribution in [1.82, 2.24) is 5.32 Å². The Morgan fingerprint density at radius 1 is 0.917 bits per heavy atom. The molecule has 0 radical (unpaired) electrons. The van der Waals surface area contributed by atoms with Crippen LogP contribution in [0, 0.1) is 0 Å². The minimum atomic E-state index is 0.843. The van der Waals surface area contributed by atoms with Crippen LogP contribution in [0.4, 0.5) is 0 Å². The van der Waals surface area contributed by atoms with Gasteiger partial charge < -0.3 is 11.1 Å². The minimum Gasteiger partial charge on any atom is -0.330 e. The highest BCUT2D eigenvalue weighted by atomic mass is 14.8. The first-order valence-electron chi connectivity index (χ1n) is 5.32. The summed E-state index contributed by atoms with van der Waals surface area (Å²) in [6.07, 6.45) is 7.73. The molecule has 0 heterocycles. The van der Waals surface area contributed by atoms with E-state index >= 15 is 0 Å². The van der Waals surface area contributed by atoms with Crippen molar-refractivity contribution in [2.75, 3.05) is 19.6 Å². The highest BCUT2D eigenvalue weighted by Gasteiger charge is 1.88. The van der Waals surface area contributed by atoms with Gasteiger partial charge in [-0.15, -0.1) is 0 Å². The monoisotopic (exact) mass is 172 g/mol.